The van der Waals surface area contributed by atoms with E-state index >= 15 is 0 Å². The fourth-order valence-corrected chi connectivity index (χ4v) is 2.77. The van der Waals surface area contributed by atoms with E-state index in [1.165, 1.54) is 6.07 Å². The fourth-order valence-electron chi connectivity index (χ4n) is 2.77. The summed E-state index contributed by atoms with van der Waals surface area (Å²) in [7, 11) is 1.75. The van der Waals surface area contributed by atoms with E-state index in [9.17, 15) is 4.39 Å². The highest BCUT2D eigenvalue weighted by Crippen LogP contribution is 2.20. The SMILES string of the molecule is COCC1CCN(Cc2cc(F)cc(C#CCN)c2)CC1. The Kier molecular flexibility index (Phi) is 6.19. The smallest absolute Gasteiger partial charge is 0.124 e. The Hall–Kier alpha value is -1.41. The molecule has 1 saturated heterocycles. The van der Waals surface area contributed by atoms with Gasteiger partial charge in [0.2, 0.25) is 0 Å². The molecule has 1 heterocycles. The molecule has 1 aliphatic rings. The van der Waals surface area contributed by atoms with Gasteiger partial charge < -0.3 is 10.5 Å². The summed E-state index contributed by atoms with van der Waals surface area (Å²) in [6, 6.07) is 5.00. The molecule has 1 aliphatic heterocycles. The minimum atomic E-state index is -0.233. The lowest BCUT2D eigenvalue weighted by Crippen LogP contribution is -2.34. The van der Waals surface area contributed by atoms with E-state index in [4.69, 9.17) is 10.5 Å². The molecule has 0 atom stereocenters. The van der Waals surface area contributed by atoms with Gasteiger partial charge in [-0.15, -0.1) is 0 Å². The van der Waals surface area contributed by atoms with Gasteiger partial charge in [-0.25, -0.2) is 4.39 Å². The van der Waals surface area contributed by atoms with Gasteiger partial charge in [0.25, 0.3) is 0 Å². The number of likely N-dealkylation sites (tertiary alicyclic amines) is 1. The van der Waals surface area contributed by atoms with Gasteiger partial charge in [-0.05, 0) is 55.6 Å². The van der Waals surface area contributed by atoms with Crippen LogP contribution < -0.4 is 5.73 Å². The van der Waals surface area contributed by atoms with Gasteiger partial charge >= 0.3 is 0 Å². The summed E-state index contributed by atoms with van der Waals surface area (Å²) in [5.74, 6) is 6.09. The number of nitrogens with two attached hydrogens (primary N) is 1. The van der Waals surface area contributed by atoms with Crippen LogP contribution in [-0.4, -0.2) is 38.3 Å². The molecule has 2 rings (SSSR count). The molecule has 1 aromatic rings. The number of rotatable bonds is 4. The maximum atomic E-state index is 13.6. The summed E-state index contributed by atoms with van der Waals surface area (Å²) in [5, 5.41) is 0. The van der Waals surface area contributed by atoms with Gasteiger partial charge in [-0.2, -0.15) is 0 Å². The molecular formula is C17H23FN2O. The van der Waals surface area contributed by atoms with Gasteiger partial charge in [0, 0.05) is 25.8 Å². The van der Waals surface area contributed by atoms with Gasteiger partial charge in [-0.1, -0.05) is 11.8 Å². The number of methoxy groups -OCH3 is 1. The fraction of sp³-hybridized carbons (Fsp3) is 0.529. The first-order valence-electron chi connectivity index (χ1n) is 7.41. The quantitative estimate of drug-likeness (QED) is 0.862. The standard InChI is InChI=1S/C17H23FN2O/c1-21-13-14-4-7-20(8-5-14)12-16-9-15(3-2-6-19)10-17(18)11-16/h9-11,14H,4-8,12-13,19H2,1H3. The summed E-state index contributed by atoms with van der Waals surface area (Å²) < 4.78 is 18.8. The largest absolute Gasteiger partial charge is 0.384 e. The Bertz CT molecular complexity index is 513. The molecule has 0 aliphatic carbocycles. The molecule has 0 bridgehead atoms. The zero-order valence-electron chi connectivity index (χ0n) is 12.6. The van der Waals surface area contributed by atoms with Crippen LogP contribution in [0.3, 0.4) is 0 Å². The van der Waals surface area contributed by atoms with Crippen molar-refractivity contribution in [2.75, 3.05) is 33.4 Å². The first-order chi connectivity index (χ1) is 10.2. The van der Waals surface area contributed by atoms with Crippen LogP contribution in [0.1, 0.15) is 24.0 Å². The maximum Gasteiger partial charge on any atom is 0.124 e. The van der Waals surface area contributed by atoms with Crippen molar-refractivity contribution >= 4 is 0 Å². The number of nitrogens with zero attached hydrogens (tertiary/aromatic N) is 1. The predicted octanol–water partition coefficient (Wildman–Crippen LogP) is 1.99. The van der Waals surface area contributed by atoms with Gasteiger partial charge in [-0.3, -0.25) is 4.90 Å². The monoisotopic (exact) mass is 290 g/mol. The second-order valence-electron chi connectivity index (χ2n) is 5.53. The van der Waals surface area contributed by atoms with E-state index in [-0.39, 0.29) is 5.82 Å². The number of halogens is 1. The Balaban J connectivity index is 1.95. The number of piperidine rings is 1. The molecule has 1 fully saturated rings. The first kappa shape index (κ1) is 16.0. The van der Waals surface area contributed by atoms with Gasteiger partial charge in [0.15, 0.2) is 0 Å². The summed E-state index contributed by atoms with van der Waals surface area (Å²) in [5.41, 5.74) is 7.03. The van der Waals surface area contributed by atoms with Crippen LogP contribution in [0, 0.1) is 23.6 Å². The van der Waals surface area contributed by atoms with Crippen LogP contribution in [0.2, 0.25) is 0 Å². The van der Waals surface area contributed by atoms with Crippen LogP contribution in [0.4, 0.5) is 4.39 Å². The van der Waals surface area contributed by atoms with E-state index in [1.807, 2.05) is 6.07 Å². The van der Waals surface area contributed by atoms with Crippen molar-refractivity contribution in [1.82, 2.24) is 4.90 Å². The van der Waals surface area contributed by atoms with Crippen molar-refractivity contribution in [3.05, 3.63) is 35.1 Å². The van der Waals surface area contributed by atoms with Crippen molar-refractivity contribution in [1.29, 1.82) is 0 Å². The highest BCUT2D eigenvalue weighted by atomic mass is 19.1. The van der Waals surface area contributed by atoms with Crippen LogP contribution in [0.5, 0.6) is 0 Å². The van der Waals surface area contributed by atoms with E-state index in [0.29, 0.717) is 18.0 Å². The van der Waals surface area contributed by atoms with Crippen LogP contribution >= 0.6 is 0 Å². The van der Waals surface area contributed by atoms with Crippen molar-refractivity contribution in [2.24, 2.45) is 11.7 Å². The van der Waals surface area contributed by atoms with Gasteiger partial charge in [0.1, 0.15) is 5.82 Å². The maximum absolute atomic E-state index is 13.6. The van der Waals surface area contributed by atoms with Crippen LogP contribution in [0.25, 0.3) is 0 Å². The minimum Gasteiger partial charge on any atom is -0.384 e. The molecule has 1 aromatic carbocycles. The molecule has 0 aromatic heterocycles. The van der Waals surface area contributed by atoms with Crippen molar-refractivity contribution < 1.29 is 9.13 Å². The van der Waals surface area contributed by atoms with E-state index < -0.39 is 0 Å². The van der Waals surface area contributed by atoms with Crippen molar-refractivity contribution in [3.63, 3.8) is 0 Å². The van der Waals surface area contributed by atoms with Gasteiger partial charge in [0.05, 0.1) is 6.54 Å². The highest BCUT2D eigenvalue weighted by Gasteiger charge is 2.19. The third-order valence-electron chi connectivity index (χ3n) is 3.81. The Morgan fingerprint density at radius 2 is 2.10 bits per heavy atom. The van der Waals surface area contributed by atoms with Crippen LogP contribution in [0.15, 0.2) is 18.2 Å². The molecular weight excluding hydrogens is 267 g/mol. The lowest BCUT2D eigenvalue weighted by molar-refractivity contribution is 0.0968. The van der Waals surface area contributed by atoms with E-state index in [1.54, 1.807) is 13.2 Å². The second kappa shape index (κ2) is 8.14. The molecule has 0 saturated carbocycles. The number of hydrogen-bond donors (Lipinski definition) is 1. The summed E-state index contributed by atoms with van der Waals surface area (Å²) in [6.45, 7) is 3.98. The number of benzene rings is 1. The minimum absolute atomic E-state index is 0.233. The summed E-state index contributed by atoms with van der Waals surface area (Å²) in [6.07, 6.45) is 2.28. The molecule has 114 valence electrons. The van der Waals surface area contributed by atoms with Crippen molar-refractivity contribution in [2.45, 2.75) is 19.4 Å². The molecule has 2 N–H and O–H groups in total. The number of ether oxygens (including phenoxy) is 1. The van der Waals surface area contributed by atoms with Crippen LogP contribution in [-0.2, 0) is 11.3 Å². The third-order valence-corrected chi connectivity index (χ3v) is 3.81. The van der Waals surface area contributed by atoms with E-state index in [2.05, 4.69) is 16.7 Å². The molecule has 4 heteroatoms. The Morgan fingerprint density at radius 3 is 2.76 bits per heavy atom. The molecule has 0 spiro atoms. The lowest BCUT2D eigenvalue weighted by atomic mass is 9.97. The zero-order chi connectivity index (χ0) is 15.1. The highest BCUT2D eigenvalue weighted by molar-refractivity contribution is 5.38. The average Bonchev–Trinajstić information content (AvgIpc) is 2.47. The average molecular weight is 290 g/mol. The number of hydrogen-bond acceptors (Lipinski definition) is 3. The normalized spacial score (nSPS) is 16.5. The Labute approximate surface area is 126 Å². The van der Waals surface area contributed by atoms with E-state index in [0.717, 1.165) is 44.6 Å². The predicted molar refractivity (Wildman–Crippen MR) is 82.2 cm³/mol. The zero-order valence-corrected chi connectivity index (χ0v) is 12.6. The lowest BCUT2D eigenvalue weighted by Gasteiger charge is -2.31. The molecule has 0 unspecified atom stereocenters. The third kappa shape index (κ3) is 5.13. The Morgan fingerprint density at radius 1 is 1.33 bits per heavy atom. The topological polar surface area (TPSA) is 38.5 Å². The summed E-state index contributed by atoms with van der Waals surface area (Å²) >= 11 is 0. The summed E-state index contributed by atoms with van der Waals surface area (Å²) in [4.78, 5) is 2.36. The first-order valence-corrected chi connectivity index (χ1v) is 7.41. The molecule has 3 nitrogen and oxygen atoms in total. The molecule has 0 amide bonds. The second-order valence-corrected chi connectivity index (χ2v) is 5.53. The van der Waals surface area contributed by atoms with Crippen molar-refractivity contribution in [3.8, 4) is 11.8 Å². The molecule has 21 heavy (non-hydrogen) atoms. The molecule has 0 radical (unpaired) electrons.